The van der Waals surface area contributed by atoms with Crippen molar-refractivity contribution in [2.24, 2.45) is 0 Å². The van der Waals surface area contributed by atoms with Crippen molar-refractivity contribution in [3.05, 3.63) is 52.5 Å². The van der Waals surface area contributed by atoms with Crippen molar-refractivity contribution in [2.45, 2.75) is 58.3 Å². The van der Waals surface area contributed by atoms with E-state index in [-0.39, 0.29) is 11.9 Å². The zero-order valence-electron chi connectivity index (χ0n) is 17.5. The van der Waals surface area contributed by atoms with Crippen molar-refractivity contribution in [1.29, 1.82) is 0 Å². The van der Waals surface area contributed by atoms with Crippen molar-refractivity contribution in [3.63, 3.8) is 0 Å². The molecule has 1 aliphatic rings. The van der Waals surface area contributed by atoms with Crippen LogP contribution >= 0.6 is 11.6 Å². The smallest absolute Gasteiger partial charge is 0.261 e. The Kier molecular flexibility index (Phi) is 6.27. The molecule has 0 aliphatic carbocycles. The fraction of sp³-hybridized carbons (Fsp3) is 0.435. The van der Waals surface area contributed by atoms with Crippen LogP contribution in [-0.2, 0) is 4.79 Å². The molecule has 156 valence electrons. The highest BCUT2D eigenvalue weighted by Crippen LogP contribution is 2.41. The van der Waals surface area contributed by atoms with E-state index >= 15 is 0 Å². The van der Waals surface area contributed by atoms with Crippen LogP contribution in [0.5, 0.6) is 17.2 Å². The van der Waals surface area contributed by atoms with E-state index in [2.05, 4.69) is 5.32 Å². The molecule has 1 heterocycles. The van der Waals surface area contributed by atoms with Crippen LogP contribution in [0.3, 0.4) is 0 Å². The average Bonchev–Trinajstić information content (AvgIpc) is 2.67. The van der Waals surface area contributed by atoms with Crippen LogP contribution in [0.4, 0.5) is 0 Å². The topological polar surface area (TPSA) is 56.8 Å². The zero-order chi connectivity index (χ0) is 21.2. The van der Waals surface area contributed by atoms with Crippen molar-refractivity contribution in [3.8, 4) is 17.2 Å². The summed E-state index contributed by atoms with van der Waals surface area (Å²) in [7, 11) is 1.62. The number of carbonyl (C=O) groups is 1. The van der Waals surface area contributed by atoms with Gasteiger partial charge in [0.1, 0.15) is 22.8 Å². The largest absolute Gasteiger partial charge is 0.497 e. The predicted octanol–water partition coefficient (Wildman–Crippen LogP) is 5.23. The molecule has 1 aliphatic heterocycles. The minimum absolute atomic E-state index is 0.156. The Labute approximate surface area is 177 Å². The Balaban J connectivity index is 1.80. The van der Waals surface area contributed by atoms with Crippen LogP contribution in [0, 0.1) is 6.92 Å². The van der Waals surface area contributed by atoms with Crippen LogP contribution in [0.2, 0.25) is 5.02 Å². The molecular formula is C23H28ClNO4. The quantitative estimate of drug-likeness (QED) is 0.698. The van der Waals surface area contributed by atoms with Gasteiger partial charge in [-0.15, -0.1) is 0 Å². The number of fused-ring (bicyclic) bond motifs is 1. The maximum atomic E-state index is 13.0. The maximum absolute atomic E-state index is 13.0. The summed E-state index contributed by atoms with van der Waals surface area (Å²) in [6, 6.07) is 10.9. The Morgan fingerprint density at radius 2 is 2.00 bits per heavy atom. The lowest BCUT2D eigenvalue weighted by Gasteiger charge is -2.38. The number of aryl methyl sites for hydroxylation is 1. The number of rotatable bonds is 6. The van der Waals surface area contributed by atoms with Gasteiger partial charge in [0.15, 0.2) is 6.10 Å². The number of hydrogen-bond acceptors (Lipinski definition) is 4. The molecule has 0 bridgehead atoms. The maximum Gasteiger partial charge on any atom is 0.261 e. The summed E-state index contributed by atoms with van der Waals surface area (Å²) in [5.41, 5.74) is 1.43. The second-order valence-corrected chi connectivity index (χ2v) is 8.36. The van der Waals surface area contributed by atoms with Gasteiger partial charge >= 0.3 is 0 Å². The van der Waals surface area contributed by atoms with Crippen LogP contribution in [0.1, 0.15) is 50.8 Å². The van der Waals surface area contributed by atoms with Crippen molar-refractivity contribution in [2.75, 3.05) is 7.11 Å². The van der Waals surface area contributed by atoms with Gasteiger partial charge in [-0.05, 0) is 69.2 Å². The molecule has 0 fully saturated rings. The standard InChI is InChI=1S/C23H28ClNO4/c1-6-20(28-16-7-9-18(24)14(2)11-16)22(26)25-19-13-23(3,4)29-21-10-8-15(27-5)12-17(19)21/h7-12,19-20H,6,13H2,1-5H3,(H,25,26)/t19-,20-/m1/s1. The lowest BCUT2D eigenvalue weighted by Crippen LogP contribution is -2.45. The fourth-order valence-corrected chi connectivity index (χ4v) is 3.65. The molecule has 2 atom stereocenters. The minimum Gasteiger partial charge on any atom is -0.497 e. The number of amides is 1. The highest BCUT2D eigenvalue weighted by Gasteiger charge is 2.36. The third kappa shape index (κ3) is 4.96. The van der Waals surface area contributed by atoms with E-state index in [1.54, 1.807) is 19.2 Å². The summed E-state index contributed by atoms with van der Waals surface area (Å²) < 4.78 is 17.4. The van der Waals surface area contributed by atoms with Gasteiger partial charge in [-0.3, -0.25) is 4.79 Å². The first kappa shape index (κ1) is 21.3. The molecule has 0 aromatic heterocycles. The van der Waals surface area contributed by atoms with E-state index < -0.39 is 11.7 Å². The zero-order valence-corrected chi connectivity index (χ0v) is 18.3. The van der Waals surface area contributed by atoms with Gasteiger partial charge in [-0.25, -0.2) is 0 Å². The molecule has 0 saturated carbocycles. The van der Waals surface area contributed by atoms with Crippen molar-refractivity contribution in [1.82, 2.24) is 5.32 Å². The molecule has 1 N–H and O–H groups in total. The fourth-order valence-electron chi connectivity index (χ4n) is 3.53. The van der Waals surface area contributed by atoms with Crippen LogP contribution < -0.4 is 19.5 Å². The molecule has 5 nitrogen and oxygen atoms in total. The van der Waals surface area contributed by atoms with Crippen LogP contribution in [0.25, 0.3) is 0 Å². The molecule has 0 unspecified atom stereocenters. The number of carbonyl (C=O) groups excluding carboxylic acids is 1. The Hall–Kier alpha value is -2.40. The third-order valence-electron chi connectivity index (χ3n) is 5.06. The second kappa shape index (κ2) is 8.54. The van der Waals surface area contributed by atoms with Gasteiger partial charge in [0.2, 0.25) is 0 Å². The predicted molar refractivity (Wildman–Crippen MR) is 114 cm³/mol. The van der Waals surface area contributed by atoms with E-state index in [0.29, 0.717) is 23.6 Å². The third-order valence-corrected chi connectivity index (χ3v) is 5.49. The highest BCUT2D eigenvalue weighted by atomic mass is 35.5. The summed E-state index contributed by atoms with van der Waals surface area (Å²) in [5, 5.41) is 3.82. The normalized spacial score (nSPS) is 18.2. The van der Waals surface area contributed by atoms with Crippen molar-refractivity contribution >= 4 is 17.5 Å². The monoisotopic (exact) mass is 417 g/mol. The molecule has 2 aromatic carbocycles. The molecule has 2 aromatic rings. The van der Waals surface area contributed by atoms with Gasteiger partial charge in [0.05, 0.1) is 13.2 Å². The lowest BCUT2D eigenvalue weighted by atomic mass is 9.89. The van der Waals surface area contributed by atoms with Gasteiger partial charge in [-0.2, -0.15) is 0 Å². The molecular weight excluding hydrogens is 390 g/mol. The summed E-state index contributed by atoms with van der Waals surface area (Å²) in [5.74, 6) is 1.96. The van der Waals surface area contributed by atoms with Gasteiger partial charge in [-0.1, -0.05) is 18.5 Å². The minimum atomic E-state index is -0.601. The SMILES string of the molecule is CC[C@@H](Oc1ccc(Cl)c(C)c1)C(=O)N[C@@H]1CC(C)(C)Oc2ccc(OC)cc21. The number of methoxy groups -OCH3 is 1. The Morgan fingerprint density at radius 3 is 2.66 bits per heavy atom. The van der Waals surface area contributed by atoms with Crippen LogP contribution in [-0.4, -0.2) is 24.7 Å². The van der Waals surface area contributed by atoms with Crippen LogP contribution in [0.15, 0.2) is 36.4 Å². The summed E-state index contributed by atoms with van der Waals surface area (Å²) in [6.07, 6.45) is 0.594. The number of hydrogen-bond donors (Lipinski definition) is 1. The lowest BCUT2D eigenvalue weighted by molar-refractivity contribution is -0.129. The molecule has 1 amide bonds. The Morgan fingerprint density at radius 1 is 1.28 bits per heavy atom. The van der Waals surface area contributed by atoms with Gasteiger partial charge < -0.3 is 19.5 Å². The summed E-state index contributed by atoms with van der Waals surface area (Å²) in [6.45, 7) is 7.87. The first-order valence-corrected chi connectivity index (χ1v) is 10.2. The van der Waals surface area contributed by atoms with E-state index in [4.69, 9.17) is 25.8 Å². The Bertz CT molecular complexity index is 896. The molecule has 6 heteroatoms. The van der Waals surface area contributed by atoms with E-state index in [9.17, 15) is 4.79 Å². The second-order valence-electron chi connectivity index (χ2n) is 7.96. The van der Waals surface area contributed by atoms with Gasteiger partial charge in [0, 0.05) is 17.0 Å². The van der Waals surface area contributed by atoms with Crippen molar-refractivity contribution < 1.29 is 19.0 Å². The number of ether oxygens (including phenoxy) is 3. The first-order chi connectivity index (χ1) is 13.7. The van der Waals surface area contributed by atoms with E-state index in [1.165, 1.54) is 0 Å². The highest BCUT2D eigenvalue weighted by molar-refractivity contribution is 6.31. The molecule has 29 heavy (non-hydrogen) atoms. The molecule has 3 rings (SSSR count). The van der Waals surface area contributed by atoms with E-state index in [1.807, 2.05) is 52.0 Å². The average molecular weight is 418 g/mol. The molecule has 0 radical (unpaired) electrons. The first-order valence-electron chi connectivity index (χ1n) is 9.82. The number of benzene rings is 2. The number of halogens is 1. The summed E-state index contributed by atoms with van der Waals surface area (Å²) in [4.78, 5) is 13.0. The summed E-state index contributed by atoms with van der Waals surface area (Å²) >= 11 is 6.08. The van der Waals surface area contributed by atoms with E-state index in [0.717, 1.165) is 22.6 Å². The molecule has 0 spiro atoms. The number of nitrogens with one attached hydrogen (secondary N) is 1. The van der Waals surface area contributed by atoms with Gasteiger partial charge in [0.25, 0.3) is 5.91 Å². The molecule has 0 saturated heterocycles.